The lowest BCUT2D eigenvalue weighted by molar-refractivity contribution is 1.18. The molecule has 0 saturated carbocycles. The van der Waals surface area contributed by atoms with Crippen LogP contribution in [0.15, 0.2) is 152 Å². The molecule has 0 amide bonds. The molecule has 50 heavy (non-hydrogen) atoms. The lowest BCUT2D eigenvalue weighted by Gasteiger charge is -2.16. The molecular weight excluding hydrogens is 611 g/mol. The summed E-state index contributed by atoms with van der Waals surface area (Å²) in [5.41, 5.74) is 11.6. The summed E-state index contributed by atoms with van der Waals surface area (Å²) in [6.45, 7) is 0. The first-order chi connectivity index (χ1) is 24.7. The largest absolute Gasteiger partial charge is 0.309 e. The number of fused-ring (bicyclic) bond motifs is 6. The zero-order chi connectivity index (χ0) is 33.8. The first-order valence-electron chi connectivity index (χ1n) is 16.3. The van der Waals surface area contributed by atoms with Crippen molar-refractivity contribution in [3.8, 4) is 51.8 Å². The van der Waals surface area contributed by atoms with E-state index in [1.165, 1.54) is 21.8 Å². The molecule has 0 unspecified atom stereocenters. The number of para-hydroxylation sites is 2. The Hall–Kier alpha value is -7.39. The van der Waals surface area contributed by atoms with Gasteiger partial charge >= 0.3 is 0 Å². The molecule has 5 heteroatoms. The molecule has 230 valence electrons. The van der Waals surface area contributed by atoms with Crippen molar-refractivity contribution in [3.05, 3.63) is 168 Å². The van der Waals surface area contributed by atoms with Crippen molar-refractivity contribution in [1.29, 1.82) is 15.8 Å². The summed E-state index contributed by atoms with van der Waals surface area (Å²) in [5.74, 6) is 0. The molecule has 0 bridgehead atoms. The first kappa shape index (κ1) is 28.8. The van der Waals surface area contributed by atoms with Crippen molar-refractivity contribution in [2.75, 3.05) is 0 Å². The van der Waals surface area contributed by atoms with Gasteiger partial charge in [-0.25, -0.2) is 0 Å². The quantitative estimate of drug-likeness (QED) is 0.193. The Morgan fingerprint density at radius 2 is 1.02 bits per heavy atom. The van der Waals surface area contributed by atoms with Crippen molar-refractivity contribution in [2.24, 2.45) is 0 Å². The van der Waals surface area contributed by atoms with Crippen LogP contribution in [-0.4, -0.2) is 9.13 Å². The molecule has 9 rings (SSSR count). The molecule has 0 aliphatic carbocycles. The van der Waals surface area contributed by atoms with Crippen molar-refractivity contribution < 1.29 is 0 Å². The minimum absolute atomic E-state index is 0.521. The Labute approximate surface area is 287 Å². The third-order valence-electron chi connectivity index (χ3n) is 9.62. The Morgan fingerprint density at radius 1 is 0.400 bits per heavy atom. The Morgan fingerprint density at radius 3 is 1.74 bits per heavy atom. The van der Waals surface area contributed by atoms with Gasteiger partial charge in [0.15, 0.2) is 0 Å². The second-order valence-corrected chi connectivity index (χ2v) is 12.3. The van der Waals surface area contributed by atoms with E-state index >= 15 is 0 Å². The summed E-state index contributed by atoms with van der Waals surface area (Å²) in [6, 6.07) is 58.0. The smallest absolute Gasteiger partial charge is 0.0998 e. The highest BCUT2D eigenvalue weighted by Gasteiger charge is 2.19. The highest BCUT2D eigenvalue weighted by Crippen LogP contribution is 2.39. The highest BCUT2D eigenvalue weighted by atomic mass is 15.0. The van der Waals surface area contributed by atoms with Gasteiger partial charge < -0.3 is 9.13 Å². The predicted molar refractivity (Wildman–Crippen MR) is 200 cm³/mol. The van der Waals surface area contributed by atoms with E-state index in [2.05, 4.69) is 124 Å². The summed E-state index contributed by atoms with van der Waals surface area (Å²) in [4.78, 5) is 0. The summed E-state index contributed by atoms with van der Waals surface area (Å²) < 4.78 is 4.42. The van der Waals surface area contributed by atoms with E-state index in [1.807, 2.05) is 42.5 Å². The average Bonchev–Trinajstić information content (AvgIpc) is 3.70. The van der Waals surface area contributed by atoms with E-state index in [0.29, 0.717) is 16.7 Å². The zero-order valence-electron chi connectivity index (χ0n) is 26.7. The van der Waals surface area contributed by atoms with Crippen molar-refractivity contribution in [3.63, 3.8) is 0 Å². The van der Waals surface area contributed by atoms with E-state index in [9.17, 15) is 15.8 Å². The van der Waals surface area contributed by atoms with Gasteiger partial charge in [-0.05, 0) is 89.5 Å². The summed E-state index contributed by atoms with van der Waals surface area (Å²) in [6.07, 6.45) is 0. The maximum atomic E-state index is 10.1. The number of hydrogen-bond donors (Lipinski definition) is 0. The maximum Gasteiger partial charge on any atom is 0.0998 e. The molecule has 0 radical (unpaired) electrons. The van der Waals surface area contributed by atoms with Crippen molar-refractivity contribution >= 4 is 43.6 Å². The van der Waals surface area contributed by atoms with E-state index in [0.717, 1.165) is 55.4 Å². The number of aromatic nitrogens is 2. The fourth-order valence-corrected chi connectivity index (χ4v) is 7.39. The molecule has 7 aromatic carbocycles. The second-order valence-electron chi connectivity index (χ2n) is 12.3. The number of rotatable bonds is 4. The van der Waals surface area contributed by atoms with E-state index in [-0.39, 0.29) is 0 Å². The summed E-state index contributed by atoms with van der Waals surface area (Å²) >= 11 is 0. The molecule has 0 aliphatic heterocycles. The van der Waals surface area contributed by atoms with Crippen LogP contribution in [-0.2, 0) is 0 Å². The zero-order valence-corrected chi connectivity index (χ0v) is 26.7. The molecule has 5 nitrogen and oxygen atoms in total. The van der Waals surface area contributed by atoms with Crippen LogP contribution >= 0.6 is 0 Å². The van der Waals surface area contributed by atoms with Gasteiger partial charge in [-0.2, -0.15) is 15.8 Å². The summed E-state index contributed by atoms with van der Waals surface area (Å²) in [5, 5.41) is 33.8. The topological polar surface area (TPSA) is 81.2 Å². The highest BCUT2D eigenvalue weighted by molar-refractivity contribution is 6.13. The van der Waals surface area contributed by atoms with Crippen LogP contribution in [0.1, 0.15) is 16.7 Å². The minimum Gasteiger partial charge on any atom is -0.309 e. The van der Waals surface area contributed by atoms with Crippen LogP contribution in [0.5, 0.6) is 0 Å². The molecular formula is C45H25N5. The van der Waals surface area contributed by atoms with Crippen LogP contribution in [0.3, 0.4) is 0 Å². The number of nitrogens with zero attached hydrogens (tertiary/aromatic N) is 5. The third kappa shape index (κ3) is 4.38. The third-order valence-corrected chi connectivity index (χ3v) is 9.62. The van der Waals surface area contributed by atoms with Crippen LogP contribution in [0.25, 0.3) is 77.2 Å². The Bertz CT molecular complexity index is 2900. The molecule has 0 spiro atoms. The van der Waals surface area contributed by atoms with Gasteiger partial charge in [0.05, 0.1) is 62.7 Å². The molecule has 2 heterocycles. The van der Waals surface area contributed by atoms with Gasteiger partial charge in [0.2, 0.25) is 0 Å². The van der Waals surface area contributed by atoms with E-state index < -0.39 is 0 Å². The fourth-order valence-electron chi connectivity index (χ4n) is 7.39. The van der Waals surface area contributed by atoms with Crippen LogP contribution in [0.2, 0.25) is 0 Å². The molecule has 0 fully saturated rings. The van der Waals surface area contributed by atoms with Gasteiger partial charge in [-0.1, -0.05) is 78.9 Å². The van der Waals surface area contributed by atoms with Crippen LogP contribution in [0, 0.1) is 34.0 Å². The number of hydrogen-bond acceptors (Lipinski definition) is 3. The molecule has 9 aromatic rings. The van der Waals surface area contributed by atoms with Gasteiger partial charge in [-0.3, -0.25) is 0 Å². The average molecular weight is 636 g/mol. The normalized spacial score (nSPS) is 11.1. The van der Waals surface area contributed by atoms with Gasteiger partial charge in [0, 0.05) is 32.8 Å². The van der Waals surface area contributed by atoms with Crippen molar-refractivity contribution in [1.82, 2.24) is 9.13 Å². The summed E-state index contributed by atoms with van der Waals surface area (Å²) in [7, 11) is 0. The Kier molecular flexibility index (Phi) is 6.56. The Balaban J connectivity index is 1.19. The van der Waals surface area contributed by atoms with E-state index in [4.69, 9.17) is 0 Å². The fraction of sp³-hybridized carbons (Fsp3) is 0. The number of benzene rings is 7. The maximum absolute atomic E-state index is 10.1. The van der Waals surface area contributed by atoms with Gasteiger partial charge in [0.25, 0.3) is 0 Å². The molecule has 2 aromatic heterocycles. The SMILES string of the molecule is N#Cc1ccc(-c2cccc(-c3ccc(-n4c5ccccc5c5ccccc54)cc3)c2)c(-n2c3ccc(C#N)cc3c3c(C#N)cccc32)c1. The van der Waals surface area contributed by atoms with Crippen molar-refractivity contribution in [2.45, 2.75) is 0 Å². The second kappa shape index (κ2) is 11.4. The lowest BCUT2D eigenvalue weighted by Crippen LogP contribution is -1.98. The number of nitriles is 3. The van der Waals surface area contributed by atoms with Gasteiger partial charge in [0.1, 0.15) is 0 Å². The standard InChI is InChI=1S/C45H25N5/c46-26-29-16-22-42-39(23-29)45-34(28-48)9-6-14-43(45)50(42)44-24-30(27-47)15-21-36(44)33-8-5-7-32(25-33)31-17-19-35(20-18-31)49-40-12-3-1-10-37(40)38-11-2-4-13-41(38)49/h1-25H. The van der Waals surface area contributed by atoms with Crippen LogP contribution in [0.4, 0.5) is 0 Å². The lowest BCUT2D eigenvalue weighted by atomic mass is 9.96. The monoisotopic (exact) mass is 635 g/mol. The van der Waals surface area contributed by atoms with Gasteiger partial charge in [-0.15, -0.1) is 0 Å². The predicted octanol–water partition coefficient (Wildman–Crippen LogP) is 10.8. The minimum atomic E-state index is 0.521. The van der Waals surface area contributed by atoms with Crippen LogP contribution < -0.4 is 0 Å². The van der Waals surface area contributed by atoms with E-state index in [1.54, 1.807) is 12.1 Å². The molecule has 0 N–H and O–H groups in total. The first-order valence-corrected chi connectivity index (χ1v) is 16.3. The molecule has 0 aliphatic rings. The molecule has 0 saturated heterocycles. The molecule has 0 atom stereocenters.